The zero-order valence-electron chi connectivity index (χ0n) is 10.9. The summed E-state index contributed by atoms with van der Waals surface area (Å²) in [6.07, 6.45) is -0.392. The highest BCUT2D eigenvalue weighted by atomic mass is 79.9. The molecule has 0 saturated heterocycles. The summed E-state index contributed by atoms with van der Waals surface area (Å²) in [4.78, 5) is 0. The molecule has 2 aromatic rings. The Morgan fingerprint density at radius 1 is 1.20 bits per heavy atom. The molecule has 1 aliphatic heterocycles. The minimum absolute atomic E-state index is 0.282. The second-order valence-corrected chi connectivity index (χ2v) is 5.92. The molecule has 104 valence electrons. The monoisotopic (exact) mass is 336 g/mol. The molecule has 0 radical (unpaired) electrons. The van der Waals surface area contributed by atoms with Crippen LogP contribution in [0.3, 0.4) is 0 Å². The molecule has 1 aliphatic rings. The summed E-state index contributed by atoms with van der Waals surface area (Å²) in [5.41, 5.74) is 2.75. The Bertz CT molecular complexity index is 657. The predicted octanol–water partition coefficient (Wildman–Crippen LogP) is 4.45. The Labute approximate surface area is 125 Å². The first-order valence-corrected chi connectivity index (χ1v) is 7.24. The maximum Gasteiger partial charge on any atom is 0.128 e. The molecule has 0 aromatic heterocycles. The number of aryl methyl sites for hydroxylation is 1. The minimum atomic E-state index is -0.569. The minimum Gasteiger partial charge on any atom is -0.485 e. The number of hydrogen-bond acceptors (Lipinski definition) is 2. The lowest BCUT2D eigenvalue weighted by Crippen LogP contribution is -2.19. The number of fused-ring (bicyclic) bond motifs is 1. The molecule has 0 bridgehead atoms. The van der Waals surface area contributed by atoms with Crippen LogP contribution in [0.4, 0.5) is 4.39 Å². The molecule has 0 amide bonds. The lowest BCUT2D eigenvalue weighted by atomic mass is 9.94. The van der Waals surface area contributed by atoms with E-state index in [-0.39, 0.29) is 11.9 Å². The zero-order valence-corrected chi connectivity index (χ0v) is 12.5. The molecule has 2 unspecified atom stereocenters. The van der Waals surface area contributed by atoms with Crippen molar-refractivity contribution >= 4 is 15.9 Å². The van der Waals surface area contributed by atoms with Crippen molar-refractivity contribution in [1.82, 2.24) is 0 Å². The highest BCUT2D eigenvalue weighted by Crippen LogP contribution is 2.42. The van der Waals surface area contributed by atoms with Gasteiger partial charge in [-0.2, -0.15) is 0 Å². The van der Waals surface area contributed by atoms with Gasteiger partial charge in [0.05, 0.1) is 6.10 Å². The number of aliphatic hydroxyl groups is 1. The van der Waals surface area contributed by atoms with Crippen LogP contribution in [0.1, 0.15) is 35.3 Å². The van der Waals surface area contributed by atoms with E-state index in [1.807, 2.05) is 25.1 Å². The largest absolute Gasteiger partial charge is 0.485 e. The Balaban J connectivity index is 1.97. The number of ether oxygens (including phenoxy) is 1. The highest BCUT2D eigenvalue weighted by Gasteiger charge is 2.29. The third-order valence-corrected chi connectivity index (χ3v) is 4.23. The van der Waals surface area contributed by atoms with Crippen molar-refractivity contribution in [2.75, 3.05) is 0 Å². The molecule has 0 aliphatic carbocycles. The third kappa shape index (κ3) is 2.45. The van der Waals surface area contributed by atoms with Crippen LogP contribution in [-0.4, -0.2) is 5.11 Å². The van der Waals surface area contributed by atoms with Crippen LogP contribution in [0, 0.1) is 12.7 Å². The molecule has 0 saturated carbocycles. The van der Waals surface area contributed by atoms with Crippen LogP contribution in [0.2, 0.25) is 0 Å². The molecule has 20 heavy (non-hydrogen) atoms. The van der Waals surface area contributed by atoms with Crippen LogP contribution in [-0.2, 0) is 0 Å². The molecule has 4 heteroatoms. The van der Waals surface area contributed by atoms with E-state index in [4.69, 9.17) is 4.74 Å². The third-order valence-electron chi connectivity index (χ3n) is 3.54. The van der Waals surface area contributed by atoms with Crippen molar-refractivity contribution in [2.24, 2.45) is 0 Å². The smallest absolute Gasteiger partial charge is 0.128 e. The van der Waals surface area contributed by atoms with E-state index in [1.165, 1.54) is 12.1 Å². The number of halogens is 2. The molecule has 1 heterocycles. The standard InChI is InChI=1S/C16H14BrFO2/c1-9-2-5-15-12(6-9)14(19)8-16(20-15)11-4-3-10(18)7-13(11)17/h2-7,14,16,19H,8H2,1H3. The van der Waals surface area contributed by atoms with E-state index >= 15 is 0 Å². The van der Waals surface area contributed by atoms with E-state index in [2.05, 4.69) is 15.9 Å². The van der Waals surface area contributed by atoms with Gasteiger partial charge in [-0.05, 0) is 31.2 Å². The fraction of sp³-hybridized carbons (Fsp3) is 0.250. The van der Waals surface area contributed by atoms with Crippen molar-refractivity contribution in [3.8, 4) is 5.75 Å². The van der Waals surface area contributed by atoms with Crippen molar-refractivity contribution < 1.29 is 14.2 Å². The Hall–Kier alpha value is -1.39. The SMILES string of the molecule is Cc1ccc2c(c1)C(O)CC(c1ccc(F)cc1Br)O2. The lowest BCUT2D eigenvalue weighted by molar-refractivity contribution is 0.0653. The summed E-state index contributed by atoms with van der Waals surface area (Å²) in [5.74, 6) is 0.392. The molecule has 0 spiro atoms. The maximum atomic E-state index is 13.2. The van der Waals surface area contributed by atoms with Crippen LogP contribution < -0.4 is 4.74 Å². The van der Waals surface area contributed by atoms with E-state index in [0.717, 1.165) is 16.7 Å². The van der Waals surface area contributed by atoms with Gasteiger partial charge in [0.25, 0.3) is 0 Å². The number of rotatable bonds is 1. The molecule has 2 nitrogen and oxygen atoms in total. The van der Waals surface area contributed by atoms with E-state index in [9.17, 15) is 9.50 Å². The Kier molecular flexibility index (Phi) is 3.52. The summed E-state index contributed by atoms with van der Waals surface area (Å²) >= 11 is 3.35. The number of hydrogen-bond donors (Lipinski definition) is 1. The van der Waals surface area contributed by atoms with Gasteiger partial charge in [0, 0.05) is 22.0 Å². The van der Waals surface area contributed by atoms with Crippen LogP contribution in [0.5, 0.6) is 5.75 Å². The van der Waals surface area contributed by atoms with E-state index in [1.54, 1.807) is 6.07 Å². The van der Waals surface area contributed by atoms with Crippen LogP contribution in [0.15, 0.2) is 40.9 Å². The topological polar surface area (TPSA) is 29.5 Å². The molecular formula is C16H14BrFO2. The quantitative estimate of drug-likeness (QED) is 0.833. The highest BCUT2D eigenvalue weighted by molar-refractivity contribution is 9.10. The second kappa shape index (κ2) is 5.19. The average molecular weight is 337 g/mol. The first kappa shape index (κ1) is 13.6. The van der Waals surface area contributed by atoms with Gasteiger partial charge >= 0.3 is 0 Å². The van der Waals surface area contributed by atoms with Crippen LogP contribution >= 0.6 is 15.9 Å². The molecular weight excluding hydrogens is 323 g/mol. The molecule has 2 atom stereocenters. The molecule has 0 fully saturated rings. The van der Waals surface area contributed by atoms with Crippen molar-refractivity contribution in [1.29, 1.82) is 0 Å². The molecule has 3 rings (SSSR count). The summed E-state index contributed by atoms with van der Waals surface area (Å²) in [5, 5.41) is 10.3. The first-order valence-electron chi connectivity index (χ1n) is 6.45. The number of benzene rings is 2. The van der Waals surface area contributed by atoms with Crippen molar-refractivity contribution in [2.45, 2.75) is 25.6 Å². The fourth-order valence-electron chi connectivity index (χ4n) is 2.52. The van der Waals surface area contributed by atoms with E-state index in [0.29, 0.717) is 16.6 Å². The average Bonchev–Trinajstić information content (AvgIpc) is 2.39. The van der Waals surface area contributed by atoms with Gasteiger partial charge in [0.1, 0.15) is 17.7 Å². The first-order chi connectivity index (χ1) is 9.54. The van der Waals surface area contributed by atoms with Gasteiger partial charge in [-0.3, -0.25) is 0 Å². The predicted molar refractivity (Wildman–Crippen MR) is 78.2 cm³/mol. The van der Waals surface area contributed by atoms with Gasteiger partial charge in [0.15, 0.2) is 0 Å². The van der Waals surface area contributed by atoms with Crippen molar-refractivity contribution in [3.05, 3.63) is 63.4 Å². The van der Waals surface area contributed by atoms with Crippen molar-refractivity contribution in [3.63, 3.8) is 0 Å². The lowest BCUT2D eigenvalue weighted by Gasteiger charge is -2.30. The van der Waals surface area contributed by atoms with Gasteiger partial charge in [0.2, 0.25) is 0 Å². The Morgan fingerprint density at radius 2 is 2.00 bits per heavy atom. The molecule has 2 aromatic carbocycles. The maximum absolute atomic E-state index is 13.2. The normalized spacial score (nSPS) is 21.2. The zero-order chi connectivity index (χ0) is 14.3. The summed E-state index contributed by atoms with van der Waals surface area (Å²) in [6, 6.07) is 10.3. The summed E-state index contributed by atoms with van der Waals surface area (Å²) in [7, 11) is 0. The van der Waals surface area contributed by atoms with E-state index < -0.39 is 6.10 Å². The van der Waals surface area contributed by atoms with Gasteiger partial charge in [-0.1, -0.05) is 33.6 Å². The second-order valence-electron chi connectivity index (χ2n) is 5.07. The van der Waals surface area contributed by atoms with Gasteiger partial charge < -0.3 is 9.84 Å². The number of aliphatic hydroxyl groups excluding tert-OH is 1. The van der Waals surface area contributed by atoms with Crippen LogP contribution in [0.25, 0.3) is 0 Å². The Morgan fingerprint density at radius 3 is 2.75 bits per heavy atom. The summed E-state index contributed by atoms with van der Waals surface area (Å²) < 4.78 is 19.8. The fourth-order valence-corrected chi connectivity index (χ4v) is 3.13. The molecule has 1 N–H and O–H groups in total. The van der Waals surface area contributed by atoms with Gasteiger partial charge in [-0.25, -0.2) is 4.39 Å². The van der Waals surface area contributed by atoms with Gasteiger partial charge in [-0.15, -0.1) is 0 Å². The summed E-state index contributed by atoms with van der Waals surface area (Å²) in [6.45, 7) is 1.98.